The summed E-state index contributed by atoms with van der Waals surface area (Å²) in [5, 5.41) is 0. The first kappa shape index (κ1) is 17.4. The van der Waals surface area contributed by atoms with Crippen molar-refractivity contribution in [3.8, 4) is 5.75 Å². The number of carbonyl (C=O) groups excluding carboxylic acids is 1. The second-order valence-electron chi connectivity index (χ2n) is 6.94. The Labute approximate surface area is 139 Å². The maximum atomic E-state index is 12.5. The van der Waals surface area contributed by atoms with Gasteiger partial charge in [-0.05, 0) is 63.3 Å². The molecule has 1 atom stereocenters. The first-order valence-electron chi connectivity index (χ1n) is 8.14. The van der Waals surface area contributed by atoms with Crippen LogP contribution in [0, 0.1) is 0 Å². The van der Waals surface area contributed by atoms with Gasteiger partial charge in [-0.2, -0.15) is 0 Å². The zero-order chi connectivity index (χ0) is 17.0. The van der Waals surface area contributed by atoms with Crippen LogP contribution in [-0.4, -0.2) is 36.3 Å². The molecule has 0 aliphatic carbocycles. The fraction of sp³-hybridized carbons (Fsp3) is 0.526. The third-order valence-corrected chi connectivity index (χ3v) is 3.99. The van der Waals surface area contributed by atoms with Crippen LogP contribution in [0.4, 0.5) is 4.79 Å². The van der Waals surface area contributed by atoms with Crippen molar-refractivity contribution in [1.82, 2.24) is 4.90 Å². The Balaban J connectivity index is 2.16. The van der Waals surface area contributed by atoms with Crippen LogP contribution in [0.3, 0.4) is 0 Å². The van der Waals surface area contributed by atoms with Crippen molar-refractivity contribution < 1.29 is 14.3 Å². The number of hydrogen-bond donors (Lipinski definition) is 0. The largest absolute Gasteiger partial charge is 0.497 e. The first-order valence-corrected chi connectivity index (χ1v) is 8.14. The second-order valence-corrected chi connectivity index (χ2v) is 6.94. The molecule has 1 aromatic rings. The summed E-state index contributed by atoms with van der Waals surface area (Å²) in [6, 6.07) is 7.81. The number of rotatable bonds is 3. The maximum Gasteiger partial charge on any atom is 0.410 e. The highest BCUT2D eigenvalue weighted by molar-refractivity contribution is 5.76. The Morgan fingerprint density at radius 3 is 2.43 bits per heavy atom. The lowest BCUT2D eigenvalue weighted by Gasteiger charge is -2.38. The molecule has 0 radical (unpaired) electrons. The number of methoxy groups -OCH3 is 1. The average molecular weight is 317 g/mol. The van der Waals surface area contributed by atoms with Gasteiger partial charge in [-0.3, -0.25) is 0 Å². The highest BCUT2D eigenvalue weighted by atomic mass is 16.6. The number of carbonyl (C=O) groups is 1. The molecule has 126 valence electrons. The van der Waals surface area contributed by atoms with Gasteiger partial charge in [0.15, 0.2) is 0 Å². The summed E-state index contributed by atoms with van der Waals surface area (Å²) in [6.07, 6.45) is 2.77. The number of hydrogen-bond acceptors (Lipinski definition) is 3. The molecule has 2 rings (SSSR count). The van der Waals surface area contributed by atoms with Crippen molar-refractivity contribution in [2.45, 2.75) is 51.7 Å². The Bertz CT molecular complexity index is 557. The molecule has 23 heavy (non-hydrogen) atoms. The molecule has 1 amide bonds. The first-order chi connectivity index (χ1) is 10.8. The van der Waals surface area contributed by atoms with Crippen LogP contribution in [0.25, 0.3) is 5.57 Å². The van der Waals surface area contributed by atoms with Gasteiger partial charge in [0.05, 0.1) is 13.2 Å². The molecular formula is C19H27NO3. The van der Waals surface area contributed by atoms with Crippen LogP contribution in [-0.2, 0) is 4.74 Å². The number of nitrogens with zero attached hydrogens (tertiary/aromatic N) is 1. The Morgan fingerprint density at radius 1 is 1.22 bits per heavy atom. The van der Waals surface area contributed by atoms with E-state index in [4.69, 9.17) is 9.47 Å². The standard InChI is InChI=1S/C19H27NO3/c1-14(15-9-11-16(22-5)12-10-15)17-8-6-7-13-20(17)18(21)23-19(2,3)4/h9-12,17H,1,6-8,13H2,2-5H3/t17-/m1/s1. The zero-order valence-corrected chi connectivity index (χ0v) is 14.6. The highest BCUT2D eigenvalue weighted by Crippen LogP contribution is 2.30. The van der Waals surface area contributed by atoms with Crippen LogP contribution >= 0.6 is 0 Å². The van der Waals surface area contributed by atoms with E-state index in [2.05, 4.69) is 6.58 Å². The maximum absolute atomic E-state index is 12.5. The predicted octanol–water partition coefficient (Wildman–Crippen LogP) is 4.50. The van der Waals surface area contributed by atoms with Gasteiger partial charge in [-0.25, -0.2) is 4.79 Å². The lowest BCUT2D eigenvalue weighted by Crippen LogP contribution is -2.46. The Kier molecular flexibility index (Phi) is 5.34. The fourth-order valence-electron chi connectivity index (χ4n) is 2.83. The molecule has 1 aliphatic rings. The number of ether oxygens (including phenoxy) is 2. The summed E-state index contributed by atoms with van der Waals surface area (Å²) < 4.78 is 10.8. The van der Waals surface area contributed by atoms with Crippen molar-refractivity contribution in [3.05, 3.63) is 36.4 Å². The minimum atomic E-state index is -0.486. The molecule has 1 aliphatic heterocycles. The Hall–Kier alpha value is -1.97. The molecule has 0 unspecified atom stereocenters. The molecular weight excluding hydrogens is 290 g/mol. The van der Waals surface area contributed by atoms with Gasteiger partial charge in [0, 0.05) is 6.54 Å². The SMILES string of the molecule is C=C(c1ccc(OC)cc1)[C@H]1CCCCN1C(=O)OC(C)(C)C. The van der Waals surface area contributed by atoms with Gasteiger partial charge in [-0.1, -0.05) is 18.7 Å². The van der Waals surface area contributed by atoms with Crippen LogP contribution in [0.5, 0.6) is 5.75 Å². The van der Waals surface area contributed by atoms with E-state index in [0.29, 0.717) is 0 Å². The minimum Gasteiger partial charge on any atom is -0.497 e. The second kappa shape index (κ2) is 7.07. The quantitative estimate of drug-likeness (QED) is 0.824. The molecule has 1 saturated heterocycles. The van der Waals surface area contributed by atoms with Crippen molar-refractivity contribution in [3.63, 3.8) is 0 Å². The van der Waals surface area contributed by atoms with E-state index in [0.717, 1.165) is 42.7 Å². The van der Waals surface area contributed by atoms with Crippen LogP contribution < -0.4 is 4.74 Å². The van der Waals surface area contributed by atoms with Crippen molar-refractivity contribution in [1.29, 1.82) is 0 Å². The summed E-state index contributed by atoms with van der Waals surface area (Å²) >= 11 is 0. The molecule has 0 aromatic heterocycles. The molecule has 0 saturated carbocycles. The highest BCUT2D eigenvalue weighted by Gasteiger charge is 2.32. The van der Waals surface area contributed by atoms with Gasteiger partial charge in [0.2, 0.25) is 0 Å². The molecule has 0 N–H and O–H groups in total. The lowest BCUT2D eigenvalue weighted by molar-refractivity contribution is 0.0159. The minimum absolute atomic E-state index is 0.00741. The van der Waals surface area contributed by atoms with Gasteiger partial charge in [-0.15, -0.1) is 0 Å². The van der Waals surface area contributed by atoms with E-state index >= 15 is 0 Å². The number of likely N-dealkylation sites (tertiary alicyclic amines) is 1. The summed E-state index contributed by atoms with van der Waals surface area (Å²) in [6.45, 7) is 10.6. The number of benzene rings is 1. The van der Waals surface area contributed by atoms with E-state index in [1.165, 1.54) is 0 Å². The van der Waals surface area contributed by atoms with E-state index in [9.17, 15) is 4.79 Å². The summed E-state index contributed by atoms with van der Waals surface area (Å²) in [4.78, 5) is 14.3. The predicted molar refractivity (Wildman–Crippen MR) is 92.6 cm³/mol. The van der Waals surface area contributed by atoms with E-state index in [1.807, 2.05) is 49.9 Å². The fourth-order valence-corrected chi connectivity index (χ4v) is 2.83. The number of piperidine rings is 1. The van der Waals surface area contributed by atoms with Gasteiger partial charge >= 0.3 is 6.09 Å². The molecule has 0 spiro atoms. The zero-order valence-electron chi connectivity index (χ0n) is 14.6. The Morgan fingerprint density at radius 2 is 1.87 bits per heavy atom. The topological polar surface area (TPSA) is 38.8 Å². The molecule has 0 bridgehead atoms. The van der Waals surface area contributed by atoms with E-state index < -0.39 is 5.60 Å². The number of amides is 1. The van der Waals surface area contributed by atoms with Crippen molar-refractivity contribution in [2.24, 2.45) is 0 Å². The molecule has 1 aromatic carbocycles. The molecule has 1 heterocycles. The smallest absolute Gasteiger partial charge is 0.410 e. The monoisotopic (exact) mass is 317 g/mol. The van der Waals surface area contributed by atoms with Gasteiger partial charge < -0.3 is 14.4 Å². The van der Waals surface area contributed by atoms with Gasteiger partial charge in [0.25, 0.3) is 0 Å². The van der Waals surface area contributed by atoms with Crippen LogP contribution in [0.15, 0.2) is 30.8 Å². The van der Waals surface area contributed by atoms with Crippen molar-refractivity contribution >= 4 is 11.7 Å². The van der Waals surface area contributed by atoms with Crippen LogP contribution in [0.1, 0.15) is 45.6 Å². The molecule has 4 heteroatoms. The van der Waals surface area contributed by atoms with Crippen LogP contribution in [0.2, 0.25) is 0 Å². The third-order valence-electron chi connectivity index (χ3n) is 3.99. The van der Waals surface area contributed by atoms with Crippen molar-refractivity contribution in [2.75, 3.05) is 13.7 Å². The third kappa shape index (κ3) is 4.50. The van der Waals surface area contributed by atoms with E-state index in [1.54, 1.807) is 7.11 Å². The molecule has 4 nitrogen and oxygen atoms in total. The summed E-state index contributed by atoms with van der Waals surface area (Å²) in [5.74, 6) is 0.814. The van der Waals surface area contributed by atoms with Gasteiger partial charge in [0.1, 0.15) is 11.4 Å². The summed E-state index contributed by atoms with van der Waals surface area (Å²) in [5.41, 5.74) is 1.50. The lowest BCUT2D eigenvalue weighted by atomic mass is 9.92. The molecule has 1 fully saturated rings. The van der Waals surface area contributed by atoms with E-state index in [-0.39, 0.29) is 12.1 Å². The normalized spacial score (nSPS) is 18.4. The summed E-state index contributed by atoms with van der Waals surface area (Å²) in [7, 11) is 1.65. The average Bonchev–Trinajstić information content (AvgIpc) is 2.52.